The molecule has 2 nitrogen and oxygen atoms in total. The van der Waals surface area contributed by atoms with Crippen molar-refractivity contribution in [3.05, 3.63) is 34.3 Å². The van der Waals surface area contributed by atoms with E-state index < -0.39 is 0 Å². The van der Waals surface area contributed by atoms with Crippen LogP contribution in [-0.4, -0.2) is 12.5 Å². The zero-order chi connectivity index (χ0) is 10.7. The lowest BCUT2D eigenvalue weighted by atomic mass is 10.1. The minimum Gasteiger partial charge on any atom is -0.478 e. The van der Waals surface area contributed by atoms with Crippen molar-refractivity contribution in [2.75, 3.05) is 6.61 Å². The molecule has 1 aliphatic heterocycles. The van der Waals surface area contributed by atoms with Crippen molar-refractivity contribution in [3.8, 4) is 0 Å². The van der Waals surface area contributed by atoms with Crippen molar-refractivity contribution in [2.24, 2.45) is 4.99 Å². The molecule has 1 aromatic carbocycles. The van der Waals surface area contributed by atoms with Gasteiger partial charge in [-0.2, -0.15) is 0 Å². The van der Waals surface area contributed by atoms with Gasteiger partial charge in [-0.1, -0.05) is 35.0 Å². The van der Waals surface area contributed by atoms with Gasteiger partial charge in [-0.05, 0) is 24.1 Å². The number of halogens is 1. The lowest BCUT2D eigenvalue weighted by Gasteiger charge is -2.04. The molecule has 0 bridgehead atoms. The van der Waals surface area contributed by atoms with E-state index in [0.29, 0.717) is 6.61 Å². The third kappa shape index (κ3) is 2.59. The van der Waals surface area contributed by atoms with E-state index in [1.54, 1.807) is 0 Å². The van der Waals surface area contributed by atoms with E-state index >= 15 is 0 Å². The molecular weight excluding hydrogens is 254 g/mol. The highest BCUT2D eigenvalue weighted by Crippen LogP contribution is 2.25. The molecule has 0 fully saturated rings. The second-order valence-corrected chi connectivity index (χ2v) is 4.57. The minimum absolute atomic E-state index is 0.194. The molecule has 0 unspecified atom stereocenters. The smallest absolute Gasteiger partial charge is 0.183 e. The molecule has 0 N–H and O–H groups in total. The molecule has 0 saturated heterocycles. The van der Waals surface area contributed by atoms with Crippen LogP contribution < -0.4 is 0 Å². The summed E-state index contributed by atoms with van der Waals surface area (Å²) in [4.78, 5) is 4.56. The topological polar surface area (TPSA) is 21.6 Å². The van der Waals surface area contributed by atoms with Crippen molar-refractivity contribution in [3.63, 3.8) is 0 Å². The quantitative estimate of drug-likeness (QED) is 0.818. The Kier molecular flexibility index (Phi) is 3.41. The average Bonchev–Trinajstić information content (AvgIpc) is 2.68. The van der Waals surface area contributed by atoms with Gasteiger partial charge in [0.2, 0.25) is 0 Å². The maximum atomic E-state index is 5.53. The predicted molar refractivity (Wildman–Crippen MR) is 65.2 cm³/mol. The van der Waals surface area contributed by atoms with Crippen LogP contribution in [0.4, 0.5) is 0 Å². The Morgan fingerprint density at radius 3 is 2.80 bits per heavy atom. The Morgan fingerprint density at radius 1 is 1.40 bits per heavy atom. The van der Waals surface area contributed by atoms with Gasteiger partial charge in [0.25, 0.3) is 0 Å². The predicted octanol–water partition coefficient (Wildman–Crippen LogP) is 3.72. The summed E-state index contributed by atoms with van der Waals surface area (Å²) in [5, 5.41) is 0. The SMILES string of the molecule is CCCC1=N[C@H](c2ccc(Br)cc2)CO1. The first-order valence-corrected chi connectivity index (χ1v) is 6.04. The molecule has 0 radical (unpaired) electrons. The Balaban J connectivity index is 2.10. The van der Waals surface area contributed by atoms with Gasteiger partial charge in [0.05, 0.1) is 0 Å². The van der Waals surface area contributed by atoms with Gasteiger partial charge in [0.1, 0.15) is 12.6 Å². The van der Waals surface area contributed by atoms with E-state index in [4.69, 9.17) is 4.74 Å². The van der Waals surface area contributed by atoms with E-state index in [1.807, 2.05) is 12.1 Å². The summed E-state index contributed by atoms with van der Waals surface area (Å²) in [6, 6.07) is 8.47. The van der Waals surface area contributed by atoms with E-state index in [1.165, 1.54) is 5.56 Å². The molecule has 1 aliphatic rings. The van der Waals surface area contributed by atoms with Crippen LogP contribution in [0.25, 0.3) is 0 Å². The molecule has 0 amide bonds. The monoisotopic (exact) mass is 267 g/mol. The Hall–Kier alpha value is -0.830. The summed E-state index contributed by atoms with van der Waals surface area (Å²) in [7, 11) is 0. The summed E-state index contributed by atoms with van der Waals surface area (Å²) in [5.41, 5.74) is 1.23. The number of ether oxygens (including phenoxy) is 1. The summed E-state index contributed by atoms with van der Waals surface area (Å²) >= 11 is 3.42. The second-order valence-electron chi connectivity index (χ2n) is 3.65. The highest BCUT2D eigenvalue weighted by atomic mass is 79.9. The van der Waals surface area contributed by atoms with E-state index in [0.717, 1.165) is 23.2 Å². The third-order valence-corrected chi connectivity index (χ3v) is 2.95. The van der Waals surface area contributed by atoms with Gasteiger partial charge >= 0.3 is 0 Å². The molecule has 0 spiro atoms. The van der Waals surface area contributed by atoms with Crippen LogP contribution in [0.2, 0.25) is 0 Å². The Labute approximate surface area is 98.5 Å². The molecule has 0 aromatic heterocycles. The first-order valence-electron chi connectivity index (χ1n) is 5.24. The summed E-state index contributed by atoms with van der Waals surface area (Å²) in [6.45, 7) is 2.83. The van der Waals surface area contributed by atoms with Gasteiger partial charge in [-0.15, -0.1) is 0 Å². The van der Waals surface area contributed by atoms with E-state index in [2.05, 4.69) is 40.0 Å². The average molecular weight is 268 g/mol. The van der Waals surface area contributed by atoms with Gasteiger partial charge in [-0.3, -0.25) is 0 Å². The Morgan fingerprint density at radius 2 is 2.13 bits per heavy atom. The van der Waals surface area contributed by atoms with Crippen LogP contribution in [0.15, 0.2) is 33.7 Å². The molecule has 15 heavy (non-hydrogen) atoms. The van der Waals surface area contributed by atoms with E-state index in [9.17, 15) is 0 Å². The van der Waals surface area contributed by atoms with Gasteiger partial charge in [-0.25, -0.2) is 4.99 Å². The standard InChI is InChI=1S/C12H14BrNO/c1-2-3-12-14-11(8-15-12)9-4-6-10(13)7-5-9/h4-7,11H,2-3,8H2,1H3/t11-/m0/s1. The van der Waals surface area contributed by atoms with Crippen LogP contribution in [0.3, 0.4) is 0 Å². The number of nitrogens with zero attached hydrogens (tertiary/aromatic N) is 1. The molecule has 1 atom stereocenters. The zero-order valence-corrected chi connectivity index (χ0v) is 10.3. The van der Waals surface area contributed by atoms with Crippen molar-refractivity contribution < 1.29 is 4.74 Å². The minimum atomic E-state index is 0.194. The van der Waals surface area contributed by atoms with Crippen molar-refractivity contribution in [1.82, 2.24) is 0 Å². The van der Waals surface area contributed by atoms with Crippen LogP contribution in [0.5, 0.6) is 0 Å². The molecular formula is C12H14BrNO. The summed E-state index contributed by atoms with van der Waals surface area (Å²) in [5.74, 6) is 0.908. The number of hydrogen-bond acceptors (Lipinski definition) is 2. The third-order valence-electron chi connectivity index (χ3n) is 2.43. The zero-order valence-electron chi connectivity index (χ0n) is 8.74. The molecule has 80 valence electrons. The first-order chi connectivity index (χ1) is 7.29. The fourth-order valence-electron chi connectivity index (χ4n) is 1.63. The van der Waals surface area contributed by atoms with Gasteiger partial charge < -0.3 is 4.74 Å². The number of rotatable bonds is 3. The molecule has 0 aliphatic carbocycles. The van der Waals surface area contributed by atoms with Crippen molar-refractivity contribution in [1.29, 1.82) is 0 Å². The largest absolute Gasteiger partial charge is 0.478 e. The van der Waals surface area contributed by atoms with Crippen molar-refractivity contribution in [2.45, 2.75) is 25.8 Å². The maximum Gasteiger partial charge on any atom is 0.183 e. The van der Waals surface area contributed by atoms with Crippen LogP contribution >= 0.6 is 15.9 Å². The molecule has 1 aromatic rings. The van der Waals surface area contributed by atoms with Crippen LogP contribution in [0.1, 0.15) is 31.4 Å². The fourth-order valence-corrected chi connectivity index (χ4v) is 1.89. The Bertz CT molecular complexity index is 358. The molecule has 3 heteroatoms. The second kappa shape index (κ2) is 4.79. The lowest BCUT2D eigenvalue weighted by molar-refractivity contribution is 0.311. The van der Waals surface area contributed by atoms with Gasteiger partial charge in [0.15, 0.2) is 5.90 Å². The van der Waals surface area contributed by atoms with E-state index in [-0.39, 0.29) is 6.04 Å². The molecule has 2 rings (SSSR count). The fraction of sp³-hybridized carbons (Fsp3) is 0.417. The lowest BCUT2D eigenvalue weighted by Crippen LogP contribution is -1.98. The summed E-state index contributed by atoms with van der Waals surface area (Å²) < 4.78 is 6.63. The number of aliphatic imine (C=N–C) groups is 1. The molecule has 0 saturated carbocycles. The maximum absolute atomic E-state index is 5.53. The van der Waals surface area contributed by atoms with Crippen LogP contribution in [0, 0.1) is 0 Å². The van der Waals surface area contributed by atoms with Crippen LogP contribution in [-0.2, 0) is 4.74 Å². The highest BCUT2D eigenvalue weighted by molar-refractivity contribution is 9.10. The first kappa shape index (κ1) is 10.7. The molecule has 1 heterocycles. The van der Waals surface area contributed by atoms with Gasteiger partial charge in [0, 0.05) is 10.9 Å². The summed E-state index contributed by atoms with van der Waals surface area (Å²) in [6.07, 6.45) is 2.04. The van der Waals surface area contributed by atoms with Crippen molar-refractivity contribution >= 4 is 21.8 Å². The highest BCUT2D eigenvalue weighted by Gasteiger charge is 2.19. The normalized spacial score (nSPS) is 19.9. The number of benzene rings is 1. The number of hydrogen-bond donors (Lipinski definition) is 0.